The molecule has 0 bridgehead atoms. The zero-order valence-electron chi connectivity index (χ0n) is 37.3. The minimum absolute atomic E-state index is 0.0293. The smallest absolute Gasteiger partial charge is 0.343 e. The average molecular weight is 896 g/mol. The van der Waals surface area contributed by atoms with Crippen molar-refractivity contribution in [3.05, 3.63) is 84.6 Å². The molecule has 0 unspecified atom stereocenters. The molecule has 5 atom stereocenters. The van der Waals surface area contributed by atoms with Crippen molar-refractivity contribution in [1.82, 2.24) is 15.0 Å². The van der Waals surface area contributed by atoms with E-state index in [9.17, 15) is 24.0 Å². The van der Waals surface area contributed by atoms with Gasteiger partial charge in [-0.3, -0.25) is 19.2 Å². The van der Waals surface area contributed by atoms with Crippen LogP contribution in [0.5, 0.6) is 11.5 Å². The number of aromatic nitrogens is 3. The lowest BCUT2D eigenvalue weighted by Gasteiger charge is -2.44. The summed E-state index contributed by atoms with van der Waals surface area (Å²) in [6, 6.07) is 21.9. The molecule has 3 aromatic carbocycles. The summed E-state index contributed by atoms with van der Waals surface area (Å²) < 4.78 is 46.4. The Labute approximate surface area is 379 Å². The van der Waals surface area contributed by atoms with Crippen LogP contribution in [0.15, 0.2) is 79.0 Å². The van der Waals surface area contributed by atoms with Crippen LogP contribution < -0.4 is 9.47 Å². The second kappa shape index (κ2) is 25.7. The van der Waals surface area contributed by atoms with Crippen molar-refractivity contribution >= 4 is 29.8 Å². The summed E-state index contributed by atoms with van der Waals surface area (Å²) in [7, 11) is 0. The minimum atomic E-state index is -1.34. The quantitative estimate of drug-likeness (QED) is 0.0221. The van der Waals surface area contributed by atoms with Gasteiger partial charge in [0.15, 0.2) is 24.6 Å². The molecular weight excluding hydrogens is 839 g/mol. The van der Waals surface area contributed by atoms with Gasteiger partial charge in [0, 0.05) is 39.7 Å². The van der Waals surface area contributed by atoms with Gasteiger partial charge in [-0.25, -0.2) is 9.48 Å². The van der Waals surface area contributed by atoms with Gasteiger partial charge in [-0.1, -0.05) is 80.1 Å². The fourth-order valence-corrected chi connectivity index (χ4v) is 7.11. The van der Waals surface area contributed by atoms with Crippen LogP contribution >= 0.6 is 0 Å². The maximum Gasteiger partial charge on any atom is 0.343 e. The van der Waals surface area contributed by atoms with Crippen LogP contribution in [-0.4, -0.2) is 95.4 Å². The first-order chi connectivity index (χ1) is 31.4. The van der Waals surface area contributed by atoms with Crippen molar-refractivity contribution in [3.63, 3.8) is 0 Å². The lowest BCUT2D eigenvalue weighted by Crippen LogP contribution is -2.63. The summed E-state index contributed by atoms with van der Waals surface area (Å²) in [4.78, 5) is 60.7. The van der Waals surface area contributed by atoms with E-state index < -0.39 is 60.6 Å². The fourth-order valence-electron chi connectivity index (χ4n) is 7.11. The number of rotatable bonds is 24. The third-order valence-electron chi connectivity index (χ3n) is 10.2. The third kappa shape index (κ3) is 16.2. The van der Waals surface area contributed by atoms with Crippen molar-refractivity contribution in [2.24, 2.45) is 0 Å². The summed E-state index contributed by atoms with van der Waals surface area (Å²) in [6.45, 7) is 5.06. The van der Waals surface area contributed by atoms with Gasteiger partial charge in [-0.15, -0.1) is 17.4 Å². The maximum atomic E-state index is 12.9. The number of carbonyl (C=O) groups excluding carboxylic acids is 5. The lowest BCUT2D eigenvalue weighted by molar-refractivity contribution is -0.308. The molecule has 0 radical (unpaired) electrons. The van der Waals surface area contributed by atoms with E-state index in [2.05, 4.69) is 16.2 Å². The molecule has 0 N–H and O–H groups in total. The molecule has 2 heterocycles. The van der Waals surface area contributed by atoms with Crippen LogP contribution in [0, 0.1) is 12.3 Å². The number of carbonyl (C=O) groups is 5. The van der Waals surface area contributed by atoms with E-state index in [1.165, 1.54) is 39.0 Å². The van der Waals surface area contributed by atoms with Crippen LogP contribution in [0.4, 0.5) is 0 Å². The van der Waals surface area contributed by atoms with E-state index in [1.54, 1.807) is 47.3 Å². The number of hydrogen-bond acceptors (Lipinski definition) is 15. The molecule has 0 spiro atoms. The summed E-state index contributed by atoms with van der Waals surface area (Å²) >= 11 is 0. The highest BCUT2D eigenvalue weighted by Gasteiger charge is 2.52. The number of ether oxygens (including phenoxy) is 8. The Morgan fingerprint density at radius 2 is 1.20 bits per heavy atom. The van der Waals surface area contributed by atoms with Gasteiger partial charge in [0.1, 0.15) is 29.9 Å². The molecule has 16 nitrogen and oxygen atoms in total. The fraction of sp³-hybridized carbons (Fsp3) is 0.449. The van der Waals surface area contributed by atoms with Crippen LogP contribution in [-0.2, 0) is 54.1 Å². The molecule has 65 heavy (non-hydrogen) atoms. The van der Waals surface area contributed by atoms with Crippen molar-refractivity contribution in [2.75, 3.05) is 19.8 Å². The highest BCUT2D eigenvalue weighted by molar-refractivity contribution is 5.91. The number of hydrogen-bond donors (Lipinski definition) is 0. The van der Waals surface area contributed by atoms with Crippen LogP contribution in [0.25, 0.3) is 22.4 Å². The van der Waals surface area contributed by atoms with Crippen molar-refractivity contribution in [2.45, 2.75) is 123 Å². The van der Waals surface area contributed by atoms with Gasteiger partial charge in [-0.2, -0.15) is 0 Å². The van der Waals surface area contributed by atoms with Crippen molar-refractivity contribution in [3.8, 4) is 46.2 Å². The van der Waals surface area contributed by atoms with Crippen LogP contribution in [0.1, 0.15) is 95.8 Å². The van der Waals surface area contributed by atoms with Gasteiger partial charge < -0.3 is 37.9 Å². The normalized spacial score (nSPS) is 17.9. The molecule has 0 aliphatic carbocycles. The Morgan fingerprint density at radius 1 is 0.646 bits per heavy atom. The lowest BCUT2D eigenvalue weighted by atomic mass is 9.98. The van der Waals surface area contributed by atoms with E-state index in [1.807, 2.05) is 36.4 Å². The molecule has 1 saturated heterocycles. The molecule has 1 aliphatic heterocycles. The first kappa shape index (κ1) is 49.4. The zero-order valence-corrected chi connectivity index (χ0v) is 37.3. The van der Waals surface area contributed by atoms with E-state index in [4.69, 9.17) is 44.3 Å². The molecule has 1 aliphatic rings. The number of nitrogens with zero attached hydrogens (tertiary/aromatic N) is 3. The van der Waals surface area contributed by atoms with Gasteiger partial charge in [0.25, 0.3) is 0 Å². The molecule has 346 valence electrons. The van der Waals surface area contributed by atoms with Crippen LogP contribution in [0.2, 0.25) is 0 Å². The van der Waals surface area contributed by atoms with Gasteiger partial charge >= 0.3 is 29.8 Å². The SMILES string of the molecule is C#CCCCCCCCCCCOc1ccc(C(=O)Oc2ccc(-c3ccc(-c4cn(CCO[C@@H]5O[C@H](COC(C)=O)[C@H](OC(C)=O)[C@H](OC(C)=O)[C@H]5OC(C)=O)nn4)cc3)cc2)cc1. The zero-order chi connectivity index (χ0) is 46.6. The van der Waals surface area contributed by atoms with Gasteiger partial charge in [-0.05, 0) is 60.4 Å². The molecule has 16 heteroatoms. The molecule has 1 aromatic heterocycles. The number of terminal acetylenes is 1. The Morgan fingerprint density at radius 3 is 1.82 bits per heavy atom. The Bertz CT molecular complexity index is 2200. The minimum Gasteiger partial charge on any atom is -0.494 e. The number of benzene rings is 3. The molecule has 0 amide bonds. The standard InChI is InChI=1S/C49H57N3O13/c1-6-7-8-9-10-11-12-13-14-15-29-58-41-24-22-40(23-25-41)48(57)64-42-26-20-38(21-27-42)37-16-18-39(19-17-37)43-31-52(51-50-43)28-30-59-49-47(63-36(5)56)46(62-35(4)55)45(61-34(3)54)44(65-49)32-60-33(2)53/h1,16-27,31,44-47,49H,7-15,28-30,32H2,2-5H3/t44-,45+,46+,47-,49-/m1/s1. The molecule has 1 fully saturated rings. The molecule has 0 saturated carbocycles. The van der Waals surface area contributed by atoms with Gasteiger partial charge in [0.05, 0.1) is 31.5 Å². The third-order valence-corrected chi connectivity index (χ3v) is 10.2. The summed E-state index contributed by atoms with van der Waals surface area (Å²) in [5.74, 6) is 0.524. The number of unbranched alkanes of at least 4 members (excludes halogenated alkanes) is 8. The van der Waals surface area contributed by atoms with E-state index >= 15 is 0 Å². The van der Waals surface area contributed by atoms with Crippen LogP contribution in [0.3, 0.4) is 0 Å². The average Bonchev–Trinajstić information content (AvgIpc) is 3.76. The van der Waals surface area contributed by atoms with Crippen molar-refractivity contribution < 1.29 is 61.9 Å². The topological polar surface area (TPSA) is 190 Å². The molecular formula is C49H57N3O13. The monoisotopic (exact) mass is 895 g/mol. The Balaban J connectivity index is 1.09. The maximum absolute atomic E-state index is 12.9. The summed E-state index contributed by atoms with van der Waals surface area (Å²) in [5, 5.41) is 8.50. The summed E-state index contributed by atoms with van der Waals surface area (Å²) in [5.41, 5.74) is 3.66. The van der Waals surface area contributed by atoms with Crippen molar-refractivity contribution in [1.29, 1.82) is 0 Å². The van der Waals surface area contributed by atoms with E-state index in [0.29, 0.717) is 29.4 Å². The first-order valence-corrected chi connectivity index (χ1v) is 21.8. The highest BCUT2D eigenvalue weighted by Crippen LogP contribution is 2.31. The van der Waals surface area contributed by atoms with E-state index in [0.717, 1.165) is 63.1 Å². The Hall–Kier alpha value is -6.57. The first-order valence-electron chi connectivity index (χ1n) is 21.8. The largest absolute Gasteiger partial charge is 0.494 e. The molecule has 5 rings (SSSR count). The highest BCUT2D eigenvalue weighted by atomic mass is 16.7. The predicted molar refractivity (Wildman–Crippen MR) is 236 cm³/mol. The second-order valence-corrected chi connectivity index (χ2v) is 15.5. The predicted octanol–water partition coefficient (Wildman–Crippen LogP) is 7.45. The van der Waals surface area contributed by atoms with E-state index in [-0.39, 0.29) is 19.8 Å². The Kier molecular flexibility index (Phi) is 19.5. The summed E-state index contributed by atoms with van der Waals surface area (Å²) in [6.07, 6.45) is 10.9. The number of esters is 5. The van der Waals surface area contributed by atoms with Gasteiger partial charge in [0.2, 0.25) is 0 Å². The molecule has 4 aromatic rings. The second-order valence-electron chi connectivity index (χ2n) is 15.5.